The number of carbonyl (C=O) groups excluding carboxylic acids is 4. The molecule has 2 aliphatic heterocycles. The summed E-state index contributed by atoms with van der Waals surface area (Å²) in [6.07, 6.45) is 0. The van der Waals surface area contributed by atoms with E-state index in [0.717, 1.165) is 4.90 Å². The zero-order chi connectivity index (χ0) is 14.3. The average molecular weight is 306 g/mol. The monoisotopic (exact) mass is 305 g/mol. The molecule has 3 fully saturated rings. The van der Waals surface area contributed by atoms with E-state index in [1.807, 2.05) is 5.32 Å². The van der Waals surface area contributed by atoms with Gasteiger partial charge in [0.1, 0.15) is 0 Å². The predicted octanol–water partition coefficient (Wildman–Crippen LogP) is -0.880. The molecule has 3 aliphatic rings. The van der Waals surface area contributed by atoms with Crippen LogP contribution in [-0.2, 0) is 14.4 Å². The lowest BCUT2D eigenvalue weighted by Gasteiger charge is -2.60. The van der Waals surface area contributed by atoms with Crippen molar-refractivity contribution < 1.29 is 19.2 Å². The summed E-state index contributed by atoms with van der Waals surface area (Å²) in [5.41, 5.74) is 0. The summed E-state index contributed by atoms with van der Waals surface area (Å²) in [7, 11) is 2.71. The van der Waals surface area contributed by atoms with E-state index in [1.54, 1.807) is 0 Å². The molecular formula is C10H9Cl2N3O4. The van der Waals surface area contributed by atoms with Gasteiger partial charge in [0.25, 0.3) is 11.8 Å². The fourth-order valence-corrected chi connectivity index (χ4v) is 4.12. The first-order valence-corrected chi connectivity index (χ1v) is 6.22. The lowest BCUT2D eigenvalue weighted by molar-refractivity contribution is -0.154. The van der Waals surface area contributed by atoms with E-state index in [9.17, 15) is 19.2 Å². The number of halogens is 2. The first kappa shape index (κ1) is 12.7. The van der Waals surface area contributed by atoms with Crippen molar-refractivity contribution in [1.82, 2.24) is 15.1 Å². The number of carbonyl (C=O) groups is 4. The second-order valence-electron chi connectivity index (χ2n) is 4.92. The molecule has 0 radical (unpaired) electrons. The van der Waals surface area contributed by atoms with Gasteiger partial charge in [-0.1, -0.05) is 0 Å². The summed E-state index contributed by atoms with van der Waals surface area (Å²) < 4.78 is 0. The molecule has 1 saturated carbocycles. The molecule has 102 valence electrons. The van der Waals surface area contributed by atoms with E-state index < -0.39 is 45.5 Å². The molecule has 2 saturated heterocycles. The van der Waals surface area contributed by atoms with Crippen molar-refractivity contribution in [1.29, 1.82) is 0 Å². The Hall–Kier alpha value is -1.34. The van der Waals surface area contributed by atoms with Crippen molar-refractivity contribution in [3.63, 3.8) is 0 Å². The van der Waals surface area contributed by atoms with Crippen molar-refractivity contribution in [2.45, 2.75) is 15.8 Å². The molecule has 3 rings (SSSR count). The summed E-state index contributed by atoms with van der Waals surface area (Å²) in [5.74, 6) is -3.19. The molecule has 0 aromatic rings. The summed E-state index contributed by atoms with van der Waals surface area (Å²) >= 11 is 12.4. The molecule has 2 heterocycles. The fraction of sp³-hybridized carbons (Fsp3) is 0.600. The van der Waals surface area contributed by atoms with Crippen LogP contribution in [0.5, 0.6) is 0 Å². The Morgan fingerprint density at radius 2 is 1.58 bits per heavy atom. The number of amides is 5. The zero-order valence-electron chi connectivity index (χ0n) is 9.94. The summed E-state index contributed by atoms with van der Waals surface area (Å²) in [4.78, 5) is 46.1. The minimum absolute atomic E-state index is 0.586. The molecule has 1 N–H and O–H groups in total. The number of nitrogens with one attached hydrogen (secondary N) is 1. The number of hydrogen-bond donors (Lipinski definition) is 1. The number of imide groups is 2. The van der Waals surface area contributed by atoms with Gasteiger partial charge in [-0.15, -0.1) is 23.2 Å². The molecule has 5 amide bonds. The third-order valence-electron chi connectivity index (χ3n) is 4.17. The Morgan fingerprint density at radius 1 is 1.05 bits per heavy atom. The van der Waals surface area contributed by atoms with E-state index in [2.05, 4.69) is 0 Å². The maximum Gasteiger partial charge on any atom is 0.326 e. The highest BCUT2D eigenvalue weighted by molar-refractivity contribution is 6.56. The van der Waals surface area contributed by atoms with E-state index in [0.29, 0.717) is 0 Å². The van der Waals surface area contributed by atoms with Gasteiger partial charge in [-0.3, -0.25) is 24.6 Å². The lowest BCUT2D eigenvalue weighted by atomic mass is 9.58. The van der Waals surface area contributed by atoms with E-state index in [1.165, 1.54) is 19.0 Å². The first-order chi connectivity index (χ1) is 8.69. The molecular weight excluding hydrogens is 297 g/mol. The Bertz CT molecular complexity index is 567. The number of alkyl halides is 2. The van der Waals surface area contributed by atoms with Gasteiger partial charge in [0.05, 0.1) is 12.0 Å². The first-order valence-electron chi connectivity index (χ1n) is 5.47. The summed E-state index contributed by atoms with van der Waals surface area (Å²) in [6.45, 7) is 0. The molecule has 0 unspecified atom stereocenters. The van der Waals surface area contributed by atoms with Crippen LogP contribution in [0.4, 0.5) is 4.79 Å². The number of urea groups is 1. The summed E-state index contributed by atoms with van der Waals surface area (Å²) in [6, 6.07) is -1.51. The van der Waals surface area contributed by atoms with Gasteiger partial charge in [0.15, 0.2) is 9.75 Å². The van der Waals surface area contributed by atoms with Crippen LogP contribution < -0.4 is 5.32 Å². The topological polar surface area (TPSA) is 86.8 Å². The molecule has 0 bridgehead atoms. The van der Waals surface area contributed by atoms with Gasteiger partial charge in [-0.05, 0) is 0 Å². The van der Waals surface area contributed by atoms with Crippen LogP contribution in [0.15, 0.2) is 0 Å². The molecule has 0 aromatic carbocycles. The second-order valence-corrected chi connectivity index (χ2v) is 6.11. The van der Waals surface area contributed by atoms with Crippen molar-refractivity contribution in [2.75, 3.05) is 14.1 Å². The Balaban J connectivity index is 2.17. The number of fused-ring (bicyclic) bond motifs is 4. The molecule has 0 aromatic heterocycles. The number of nitrogens with zero attached hydrogens (tertiary/aromatic N) is 2. The number of hydrogen-bond acceptors (Lipinski definition) is 4. The quantitative estimate of drug-likeness (QED) is 0.465. The van der Waals surface area contributed by atoms with E-state index in [4.69, 9.17) is 23.2 Å². The minimum atomic E-state index is -1.84. The van der Waals surface area contributed by atoms with Crippen molar-refractivity contribution in [3.8, 4) is 0 Å². The van der Waals surface area contributed by atoms with E-state index in [-0.39, 0.29) is 0 Å². The molecule has 9 heteroatoms. The van der Waals surface area contributed by atoms with Crippen LogP contribution in [0.25, 0.3) is 0 Å². The van der Waals surface area contributed by atoms with Crippen LogP contribution in [-0.4, -0.2) is 63.4 Å². The third kappa shape index (κ3) is 1.01. The minimum Gasteiger partial charge on any atom is -0.321 e. The van der Waals surface area contributed by atoms with Crippen LogP contribution >= 0.6 is 23.2 Å². The highest BCUT2D eigenvalue weighted by Gasteiger charge is 2.86. The standard InChI is InChI=1S/C10H9Cl2N3O4/c1-14-4-3(5(16)15(2)8(14)19)9(11)6(17)13-7(18)10(4,9)12/h3-4H,1-2H3,(H,13,17,18)/t3-,4-,9+,10+/m0/s1. The fourth-order valence-electron chi connectivity index (χ4n) is 3.14. The summed E-state index contributed by atoms with van der Waals surface area (Å²) in [5, 5.41) is 2.04. The van der Waals surface area contributed by atoms with Crippen molar-refractivity contribution in [3.05, 3.63) is 0 Å². The van der Waals surface area contributed by atoms with Gasteiger partial charge in [0.2, 0.25) is 5.91 Å². The highest BCUT2D eigenvalue weighted by Crippen LogP contribution is 2.62. The second kappa shape index (κ2) is 3.21. The van der Waals surface area contributed by atoms with Gasteiger partial charge in [-0.2, -0.15) is 0 Å². The molecule has 0 spiro atoms. The largest absolute Gasteiger partial charge is 0.326 e. The highest BCUT2D eigenvalue weighted by atomic mass is 35.5. The van der Waals surface area contributed by atoms with Crippen LogP contribution in [0, 0.1) is 5.92 Å². The lowest BCUT2D eigenvalue weighted by Crippen LogP contribution is -2.85. The molecule has 4 atom stereocenters. The Labute approximate surface area is 117 Å². The molecule has 19 heavy (non-hydrogen) atoms. The smallest absolute Gasteiger partial charge is 0.321 e. The van der Waals surface area contributed by atoms with Gasteiger partial charge >= 0.3 is 6.03 Å². The van der Waals surface area contributed by atoms with Crippen molar-refractivity contribution >= 4 is 47.0 Å². The van der Waals surface area contributed by atoms with Crippen LogP contribution in [0.1, 0.15) is 0 Å². The van der Waals surface area contributed by atoms with Crippen LogP contribution in [0.3, 0.4) is 0 Å². The Morgan fingerprint density at radius 3 is 2.16 bits per heavy atom. The third-order valence-corrected chi connectivity index (χ3v) is 5.67. The van der Waals surface area contributed by atoms with E-state index >= 15 is 0 Å². The maximum absolute atomic E-state index is 12.1. The zero-order valence-corrected chi connectivity index (χ0v) is 11.4. The van der Waals surface area contributed by atoms with Gasteiger partial charge in [-0.25, -0.2) is 4.79 Å². The van der Waals surface area contributed by atoms with Gasteiger partial charge < -0.3 is 4.90 Å². The predicted molar refractivity (Wildman–Crippen MR) is 63.5 cm³/mol. The SMILES string of the molecule is CN1C(=O)[C@@H]2[C@H](N(C)C1=O)[C@@]1(Cl)C(=O)NC(=O)[C@]21Cl. The Kier molecular flexibility index (Phi) is 2.14. The normalized spacial score (nSPS) is 44.8. The average Bonchev–Trinajstić information content (AvgIpc) is 2.49. The van der Waals surface area contributed by atoms with Crippen LogP contribution in [0.2, 0.25) is 0 Å². The van der Waals surface area contributed by atoms with Gasteiger partial charge in [0, 0.05) is 14.1 Å². The number of rotatable bonds is 0. The van der Waals surface area contributed by atoms with Crippen molar-refractivity contribution in [2.24, 2.45) is 5.92 Å². The maximum atomic E-state index is 12.1. The molecule has 7 nitrogen and oxygen atoms in total. The molecule has 1 aliphatic carbocycles.